The fraction of sp³-hybridized carbons (Fsp3) is 0.0612. The maximum absolute atomic E-state index is 15.1. The van der Waals surface area contributed by atoms with Crippen LogP contribution in [-0.4, -0.2) is 35.1 Å². The summed E-state index contributed by atoms with van der Waals surface area (Å²) in [6.45, 7) is -0.292. The smallest absolute Gasteiger partial charge is 0.333 e. The summed E-state index contributed by atoms with van der Waals surface area (Å²) in [6, 6.07) is 33.5. The number of esters is 2. The summed E-state index contributed by atoms with van der Waals surface area (Å²) in [5.74, 6) is -3.40. The van der Waals surface area contributed by atoms with Gasteiger partial charge in [-0.15, -0.1) is 45.3 Å². The van der Waals surface area contributed by atoms with Crippen molar-refractivity contribution in [2.45, 2.75) is 18.6 Å². The Labute approximate surface area is 362 Å². The van der Waals surface area contributed by atoms with E-state index in [0.717, 1.165) is 28.4 Å². The van der Waals surface area contributed by atoms with E-state index in [1.165, 1.54) is 40.1 Å². The molecular weight excluding hydrogens is 845 g/mol. The summed E-state index contributed by atoms with van der Waals surface area (Å²) in [5, 5.41) is 0. The van der Waals surface area contributed by atoms with E-state index < -0.39 is 28.9 Å². The molecule has 4 aromatic carbocycles. The molecule has 0 N–H and O–H groups in total. The fourth-order valence-electron chi connectivity index (χ4n) is 8.27. The molecule has 0 unspecified atom stereocenters. The molecule has 3 aliphatic carbocycles. The number of hydrogen-bond acceptors (Lipinski definition) is 12. The molecule has 294 valence electrons. The number of ether oxygens (including phenoxy) is 2. The lowest BCUT2D eigenvalue weighted by Crippen LogP contribution is -2.46. The summed E-state index contributed by atoms with van der Waals surface area (Å²) in [7, 11) is 0. The van der Waals surface area contributed by atoms with E-state index in [9.17, 15) is 19.2 Å². The standard InChI is InChI=1S/C49H26O8S4/c50-38-29-15-7-8-16-30(29)39(51)33(38)19-27-20-35-37(49(27,47(54)56-23-25-11-3-1-4-12-25)48(55)57-24-26-13-5-2-6-14-26)43-45(59-35)46-44(61-43)42-36(60-46)22-28(58-42)21-34-40(52)31-17-9-10-18-32(31)41(34)53/h1-22H,23-24H2. The topological polar surface area (TPSA) is 121 Å². The summed E-state index contributed by atoms with van der Waals surface area (Å²) in [6.07, 6.45) is 4.73. The van der Waals surface area contributed by atoms with Gasteiger partial charge in [0.05, 0.1) is 34.6 Å². The van der Waals surface area contributed by atoms with Crippen LogP contribution in [0.1, 0.15) is 67.9 Å². The Bertz CT molecular complexity index is 3240. The Balaban J connectivity index is 1.07. The number of allylic oxidation sites excluding steroid dienone is 3. The largest absolute Gasteiger partial charge is 0.459 e. The van der Waals surface area contributed by atoms with Crippen LogP contribution in [0.15, 0.2) is 138 Å². The third kappa shape index (κ3) is 5.67. The van der Waals surface area contributed by atoms with Gasteiger partial charge in [-0.05, 0) is 41.0 Å². The van der Waals surface area contributed by atoms with Crippen LogP contribution in [0, 0.1) is 0 Å². The maximum Gasteiger partial charge on any atom is 0.333 e. The number of benzene rings is 4. The van der Waals surface area contributed by atoms with Gasteiger partial charge in [-0.2, -0.15) is 0 Å². The summed E-state index contributed by atoms with van der Waals surface area (Å²) in [5.41, 5.74) is 0.928. The average molecular weight is 871 g/mol. The maximum atomic E-state index is 15.1. The lowest BCUT2D eigenvalue weighted by Gasteiger charge is -2.28. The van der Waals surface area contributed by atoms with Crippen molar-refractivity contribution in [3.63, 3.8) is 0 Å². The van der Waals surface area contributed by atoms with Crippen molar-refractivity contribution in [3.8, 4) is 0 Å². The van der Waals surface area contributed by atoms with Crippen LogP contribution in [-0.2, 0) is 37.7 Å². The monoisotopic (exact) mass is 870 g/mol. The SMILES string of the molecule is O=C1C(=CC2=Cc3sc4c(sc5c6sc(C=C7C(=O)c8ccccc8C7=O)cc6sc45)c3C2(C(=O)OCc2ccccc2)C(=O)OCc2ccccc2)C(=O)c2ccccc21. The summed E-state index contributed by atoms with van der Waals surface area (Å²) < 4.78 is 17.5. The Morgan fingerprint density at radius 2 is 0.967 bits per heavy atom. The zero-order chi connectivity index (χ0) is 41.6. The summed E-state index contributed by atoms with van der Waals surface area (Å²) in [4.78, 5) is 85.7. The molecule has 0 radical (unpaired) electrons. The predicted molar refractivity (Wildman–Crippen MR) is 239 cm³/mol. The average Bonchev–Trinajstić information content (AvgIpc) is 4.14. The second-order valence-corrected chi connectivity index (χ2v) is 18.9. The molecule has 0 aliphatic heterocycles. The van der Waals surface area contributed by atoms with E-state index in [4.69, 9.17) is 9.47 Å². The number of carbonyl (C=O) groups is 6. The summed E-state index contributed by atoms with van der Waals surface area (Å²) >= 11 is 5.86. The van der Waals surface area contributed by atoms with Crippen LogP contribution in [0.5, 0.6) is 0 Å². The minimum Gasteiger partial charge on any atom is -0.459 e. The minimum atomic E-state index is -2.21. The van der Waals surface area contributed by atoms with Crippen molar-refractivity contribution in [1.82, 2.24) is 0 Å². The van der Waals surface area contributed by atoms with Gasteiger partial charge in [0.25, 0.3) is 0 Å². The van der Waals surface area contributed by atoms with E-state index in [-0.39, 0.29) is 52.6 Å². The van der Waals surface area contributed by atoms with E-state index >= 15 is 9.59 Å². The number of Topliss-reactive ketones (excluding diaryl/α,β-unsaturated/α-hetero) is 4. The Hall–Kier alpha value is -6.70. The highest BCUT2D eigenvalue weighted by Crippen LogP contribution is 2.58. The highest BCUT2D eigenvalue weighted by atomic mass is 32.1. The molecule has 0 bridgehead atoms. The normalized spacial score (nSPS) is 15.1. The lowest BCUT2D eigenvalue weighted by atomic mass is 9.76. The number of hydrogen-bond donors (Lipinski definition) is 0. The van der Waals surface area contributed by atoms with E-state index in [1.54, 1.807) is 72.0 Å². The predicted octanol–water partition coefficient (Wildman–Crippen LogP) is 11.0. The molecule has 3 aliphatic rings. The van der Waals surface area contributed by atoms with Crippen LogP contribution in [0.4, 0.5) is 0 Å². The van der Waals surface area contributed by atoms with Gasteiger partial charge >= 0.3 is 11.9 Å². The molecule has 0 saturated heterocycles. The van der Waals surface area contributed by atoms with Gasteiger partial charge in [-0.3, -0.25) is 28.8 Å². The van der Waals surface area contributed by atoms with Crippen LogP contribution in [0.2, 0.25) is 0 Å². The zero-order valence-electron chi connectivity index (χ0n) is 31.5. The molecule has 61 heavy (non-hydrogen) atoms. The molecule has 11 rings (SSSR count). The molecule has 8 nitrogen and oxygen atoms in total. The molecule has 0 atom stereocenters. The molecule has 0 fully saturated rings. The van der Waals surface area contributed by atoms with Gasteiger partial charge in [0.2, 0.25) is 5.41 Å². The second-order valence-electron chi connectivity index (χ2n) is 14.7. The highest BCUT2D eigenvalue weighted by Gasteiger charge is 2.59. The number of fused-ring (bicyclic) bond motifs is 9. The number of rotatable bonds is 8. The van der Waals surface area contributed by atoms with Crippen molar-refractivity contribution in [1.29, 1.82) is 0 Å². The quantitative estimate of drug-likeness (QED) is 0.0640. The van der Waals surface area contributed by atoms with Crippen molar-refractivity contribution >= 4 is 121 Å². The lowest BCUT2D eigenvalue weighted by molar-refractivity contribution is -0.164. The molecule has 4 aromatic heterocycles. The molecule has 8 aromatic rings. The minimum absolute atomic E-state index is 0.107. The Morgan fingerprint density at radius 3 is 1.49 bits per heavy atom. The van der Waals surface area contributed by atoms with Gasteiger partial charge in [-0.25, -0.2) is 0 Å². The van der Waals surface area contributed by atoms with Crippen molar-refractivity contribution in [2.24, 2.45) is 0 Å². The second kappa shape index (κ2) is 14.2. The van der Waals surface area contributed by atoms with E-state index in [0.29, 0.717) is 37.4 Å². The molecule has 0 saturated carbocycles. The molecule has 0 amide bonds. The van der Waals surface area contributed by atoms with E-state index in [1.807, 2.05) is 66.7 Å². The van der Waals surface area contributed by atoms with Crippen molar-refractivity contribution in [3.05, 3.63) is 187 Å². The first-order chi connectivity index (χ1) is 29.7. The van der Waals surface area contributed by atoms with Gasteiger partial charge in [0.1, 0.15) is 13.2 Å². The number of ketones is 4. The first-order valence-corrected chi connectivity index (χ1v) is 22.4. The van der Waals surface area contributed by atoms with Crippen LogP contribution in [0.25, 0.3) is 40.4 Å². The first-order valence-electron chi connectivity index (χ1n) is 19.1. The molecule has 4 heterocycles. The first kappa shape index (κ1) is 37.3. The Kier molecular flexibility index (Phi) is 8.69. The third-order valence-corrected chi connectivity index (χ3v) is 16.5. The van der Waals surface area contributed by atoms with Gasteiger partial charge in [-0.1, -0.05) is 109 Å². The van der Waals surface area contributed by atoms with Crippen LogP contribution < -0.4 is 0 Å². The Morgan fingerprint density at radius 1 is 0.508 bits per heavy atom. The number of thiophene rings is 4. The van der Waals surface area contributed by atoms with Crippen molar-refractivity contribution < 1.29 is 38.2 Å². The van der Waals surface area contributed by atoms with Gasteiger partial charge in [0.15, 0.2) is 23.1 Å². The van der Waals surface area contributed by atoms with Crippen LogP contribution >= 0.6 is 45.3 Å². The van der Waals surface area contributed by atoms with Gasteiger partial charge < -0.3 is 9.47 Å². The fourth-order valence-corrected chi connectivity index (χ4v) is 14.2. The third-order valence-electron chi connectivity index (χ3n) is 11.2. The van der Waals surface area contributed by atoms with Crippen molar-refractivity contribution in [2.75, 3.05) is 0 Å². The molecule has 12 heteroatoms. The highest BCUT2D eigenvalue weighted by molar-refractivity contribution is 7.44. The molecule has 0 spiro atoms. The van der Waals surface area contributed by atoms with E-state index in [2.05, 4.69) is 0 Å². The zero-order valence-corrected chi connectivity index (χ0v) is 34.8. The van der Waals surface area contributed by atoms with Gasteiger partial charge in [0, 0.05) is 42.3 Å². The molecular formula is C49H26O8S4. The van der Waals surface area contributed by atoms with Crippen LogP contribution in [0.3, 0.4) is 0 Å². The number of carbonyl (C=O) groups excluding carboxylic acids is 6.